The standard InChI is InChI=1S/C13H23N3O2/c1-4-18-11-5-10(6-11)7-12-14-15-13(8-17)16(12)9(2)3/h9-11,17H,4-8H2,1-3H3. The highest BCUT2D eigenvalue weighted by molar-refractivity contribution is 5.00. The molecule has 5 nitrogen and oxygen atoms in total. The van der Waals surface area contributed by atoms with E-state index < -0.39 is 0 Å². The Hall–Kier alpha value is -0.940. The van der Waals surface area contributed by atoms with Crippen molar-refractivity contribution in [2.45, 2.75) is 58.8 Å². The van der Waals surface area contributed by atoms with Crippen LogP contribution in [0.25, 0.3) is 0 Å². The topological polar surface area (TPSA) is 60.2 Å². The molecule has 0 saturated heterocycles. The Morgan fingerprint density at radius 1 is 1.33 bits per heavy atom. The molecular weight excluding hydrogens is 230 g/mol. The highest BCUT2D eigenvalue weighted by Gasteiger charge is 2.31. The van der Waals surface area contributed by atoms with Crippen LogP contribution in [0.1, 0.15) is 51.3 Å². The Morgan fingerprint density at radius 2 is 2.00 bits per heavy atom. The molecule has 1 aliphatic rings. The number of rotatable bonds is 6. The fourth-order valence-corrected chi connectivity index (χ4v) is 2.68. The van der Waals surface area contributed by atoms with Gasteiger partial charge in [-0.2, -0.15) is 0 Å². The zero-order valence-corrected chi connectivity index (χ0v) is 11.5. The number of aliphatic hydroxyl groups is 1. The van der Waals surface area contributed by atoms with Gasteiger partial charge in [0.15, 0.2) is 5.82 Å². The third kappa shape index (κ3) is 2.72. The van der Waals surface area contributed by atoms with E-state index >= 15 is 0 Å². The summed E-state index contributed by atoms with van der Waals surface area (Å²) < 4.78 is 7.62. The quantitative estimate of drug-likeness (QED) is 0.838. The molecule has 1 N–H and O–H groups in total. The normalized spacial score (nSPS) is 23.4. The number of aromatic nitrogens is 3. The van der Waals surface area contributed by atoms with Crippen LogP contribution in [0.4, 0.5) is 0 Å². The molecule has 0 aromatic carbocycles. The monoisotopic (exact) mass is 253 g/mol. The largest absolute Gasteiger partial charge is 0.388 e. The molecule has 102 valence electrons. The number of ether oxygens (including phenoxy) is 1. The zero-order chi connectivity index (χ0) is 13.1. The van der Waals surface area contributed by atoms with Gasteiger partial charge in [0.1, 0.15) is 12.4 Å². The van der Waals surface area contributed by atoms with E-state index in [4.69, 9.17) is 4.74 Å². The smallest absolute Gasteiger partial charge is 0.159 e. The third-order valence-corrected chi connectivity index (χ3v) is 3.56. The van der Waals surface area contributed by atoms with E-state index in [0.717, 1.165) is 31.7 Å². The third-order valence-electron chi connectivity index (χ3n) is 3.56. The maximum absolute atomic E-state index is 9.25. The van der Waals surface area contributed by atoms with Crippen molar-refractivity contribution in [1.82, 2.24) is 14.8 Å². The van der Waals surface area contributed by atoms with E-state index in [1.807, 2.05) is 11.5 Å². The molecule has 1 aromatic heterocycles. The predicted octanol–water partition coefficient (Wildman–Crippen LogP) is 1.71. The second-order valence-electron chi connectivity index (χ2n) is 5.27. The molecule has 1 saturated carbocycles. The summed E-state index contributed by atoms with van der Waals surface area (Å²) in [5.41, 5.74) is 0. The van der Waals surface area contributed by atoms with Gasteiger partial charge in [-0.1, -0.05) is 0 Å². The lowest BCUT2D eigenvalue weighted by Crippen LogP contribution is -2.33. The fourth-order valence-electron chi connectivity index (χ4n) is 2.68. The molecule has 1 aliphatic carbocycles. The first kappa shape index (κ1) is 13.5. The van der Waals surface area contributed by atoms with E-state index in [2.05, 4.69) is 24.0 Å². The molecule has 2 rings (SSSR count). The molecule has 1 fully saturated rings. The summed E-state index contributed by atoms with van der Waals surface area (Å²) in [7, 11) is 0. The van der Waals surface area contributed by atoms with Crippen LogP contribution in [0.5, 0.6) is 0 Å². The van der Waals surface area contributed by atoms with Gasteiger partial charge in [0.25, 0.3) is 0 Å². The Labute approximate surface area is 108 Å². The molecule has 1 heterocycles. The molecule has 0 atom stereocenters. The van der Waals surface area contributed by atoms with Gasteiger partial charge in [-0.25, -0.2) is 0 Å². The van der Waals surface area contributed by atoms with Gasteiger partial charge < -0.3 is 14.4 Å². The van der Waals surface area contributed by atoms with E-state index in [9.17, 15) is 5.11 Å². The molecule has 0 unspecified atom stereocenters. The number of hydrogen-bond acceptors (Lipinski definition) is 4. The Bertz CT molecular complexity index is 384. The fraction of sp³-hybridized carbons (Fsp3) is 0.846. The van der Waals surface area contributed by atoms with Crippen LogP contribution >= 0.6 is 0 Å². The van der Waals surface area contributed by atoms with Crippen molar-refractivity contribution in [2.75, 3.05) is 6.61 Å². The van der Waals surface area contributed by atoms with Crippen molar-refractivity contribution in [3.8, 4) is 0 Å². The van der Waals surface area contributed by atoms with Crippen LogP contribution in [-0.2, 0) is 17.8 Å². The minimum atomic E-state index is -0.0442. The summed E-state index contributed by atoms with van der Waals surface area (Å²) in [5.74, 6) is 2.31. The van der Waals surface area contributed by atoms with Crippen molar-refractivity contribution < 1.29 is 9.84 Å². The lowest BCUT2D eigenvalue weighted by molar-refractivity contribution is -0.0248. The summed E-state index contributed by atoms with van der Waals surface area (Å²) in [6, 6.07) is 0.292. The minimum absolute atomic E-state index is 0.0442. The van der Waals surface area contributed by atoms with Gasteiger partial charge in [0.2, 0.25) is 0 Å². The first-order valence-electron chi connectivity index (χ1n) is 6.80. The van der Waals surface area contributed by atoms with Gasteiger partial charge in [0, 0.05) is 19.1 Å². The highest BCUT2D eigenvalue weighted by atomic mass is 16.5. The number of hydrogen-bond donors (Lipinski definition) is 1. The highest BCUT2D eigenvalue weighted by Crippen LogP contribution is 2.33. The van der Waals surface area contributed by atoms with E-state index in [1.54, 1.807) is 0 Å². The number of aliphatic hydroxyl groups excluding tert-OH is 1. The van der Waals surface area contributed by atoms with Gasteiger partial charge in [0.05, 0.1) is 6.10 Å². The van der Waals surface area contributed by atoms with E-state index in [-0.39, 0.29) is 6.61 Å². The zero-order valence-electron chi connectivity index (χ0n) is 11.5. The van der Waals surface area contributed by atoms with E-state index in [0.29, 0.717) is 23.9 Å². The summed E-state index contributed by atoms with van der Waals surface area (Å²) >= 11 is 0. The summed E-state index contributed by atoms with van der Waals surface area (Å²) in [6.45, 7) is 6.98. The molecular formula is C13H23N3O2. The van der Waals surface area contributed by atoms with Crippen LogP contribution < -0.4 is 0 Å². The summed E-state index contributed by atoms with van der Waals surface area (Å²) in [6.07, 6.45) is 3.61. The second-order valence-corrected chi connectivity index (χ2v) is 5.27. The molecule has 0 amide bonds. The second kappa shape index (κ2) is 5.80. The molecule has 1 aromatic rings. The molecule has 18 heavy (non-hydrogen) atoms. The van der Waals surface area contributed by atoms with Crippen molar-refractivity contribution in [3.05, 3.63) is 11.6 Å². The lowest BCUT2D eigenvalue weighted by Gasteiger charge is -2.34. The summed E-state index contributed by atoms with van der Waals surface area (Å²) in [5, 5.41) is 17.5. The maximum Gasteiger partial charge on any atom is 0.159 e. The first-order valence-corrected chi connectivity index (χ1v) is 6.80. The van der Waals surface area contributed by atoms with Crippen LogP contribution in [-0.4, -0.2) is 32.6 Å². The van der Waals surface area contributed by atoms with Crippen LogP contribution in [0, 0.1) is 5.92 Å². The molecule has 0 bridgehead atoms. The SMILES string of the molecule is CCOC1CC(Cc2nnc(CO)n2C(C)C)C1. The van der Waals surface area contributed by atoms with Crippen molar-refractivity contribution in [3.63, 3.8) is 0 Å². The van der Waals surface area contributed by atoms with Gasteiger partial charge in [-0.3, -0.25) is 0 Å². The number of nitrogens with zero attached hydrogens (tertiary/aromatic N) is 3. The van der Waals surface area contributed by atoms with Gasteiger partial charge in [-0.15, -0.1) is 10.2 Å². The van der Waals surface area contributed by atoms with Gasteiger partial charge in [-0.05, 0) is 39.5 Å². The van der Waals surface area contributed by atoms with Gasteiger partial charge >= 0.3 is 0 Å². The molecule has 0 spiro atoms. The maximum atomic E-state index is 9.25. The van der Waals surface area contributed by atoms with Crippen molar-refractivity contribution >= 4 is 0 Å². The average molecular weight is 253 g/mol. The Kier molecular flexibility index (Phi) is 4.35. The van der Waals surface area contributed by atoms with E-state index in [1.165, 1.54) is 0 Å². The first-order chi connectivity index (χ1) is 8.65. The summed E-state index contributed by atoms with van der Waals surface area (Å²) in [4.78, 5) is 0. The van der Waals surface area contributed by atoms with Crippen molar-refractivity contribution in [2.24, 2.45) is 5.92 Å². The molecule has 5 heteroatoms. The minimum Gasteiger partial charge on any atom is -0.388 e. The van der Waals surface area contributed by atoms with Crippen LogP contribution in [0.3, 0.4) is 0 Å². The molecule has 0 aliphatic heterocycles. The van der Waals surface area contributed by atoms with Crippen molar-refractivity contribution in [1.29, 1.82) is 0 Å². The molecule has 0 radical (unpaired) electrons. The van der Waals surface area contributed by atoms with Crippen LogP contribution in [0.2, 0.25) is 0 Å². The lowest BCUT2D eigenvalue weighted by atomic mass is 9.80. The average Bonchev–Trinajstić information content (AvgIpc) is 2.69. The Morgan fingerprint density at radius 3 is 2.56 bits per heavy atom. The van der Waals surface area contributed by atoms with Crippen LogP contribution in [0.15, 0.2) is 0 Å². The Balaban J connectivity index is 1.96. The predicted molar refractivity (Wildman–Crippen MR) is 68.2 cm³/mol.